The SMILES string of the molecule is Cc1ccc2c(CC(=O)NNC(=O)c3cc(Br)cn3C)coc2c1C. The summed E-state index contributed by atoms with van der Waals surface area (Å²) in [5, 5.41) is 0.913. The average Bonchev–Trinajstić information content (AvgIpc) is 3.12. The second-order valence-corrected chi connectivity index (χ2v) is 6.89. The van der Waals surface area contributed by atoms with E-state index in [0.717, 1.165) is 32.1 Å². The van der Waals surface area contributed by atoms with Gasteiger partial charge in [0, 0.05) is 28.7 Å². The number of benzene rings is 1. The lowest BCUT2D eigenvalue weighted by atomic mass is 10.0. The number of nitrogens with one attached hydrogen (secondary N) is 2. The number of rotatable bonds is 3. The molecule has 6 nitrogen and oxygen atoms in total. The molecule has 3 aromatic rings. The molecule has 0 aliphatic carbocycles. The van der Waals surface area contributed by atoms with Gasteiger partial charge in [-0.3, -0.25) is 20.4 Å². The molecule has 0 fully saturated rings. The van der Waals surface area contributed by atoms with Crippen molar-refractivity contribution in [3.05, 3.63) is 57.5 Å². The van der Waals surface area contributed by atoms with Crippen LogP contribution in [0.25, 0.3) is 11.0 Å². The van der Waals surface area contributed by atoms with Gasteiger partial charge < -0.3 is 8.98 Å². The lowest BCUT2D eigenvalue weighted by Gasteiger charge is -2.07. The zero-order valence-corrected chi connectivity index (χ0v) is 15.7. The maximum Gasteiger partial charge on any atom is 0.286 e. The number of fused-ring (bicyclic) bond motifs is 1. The highest BCUT2D eigenvalue weighted by Crippen LogP contribution is 2.26. The van der Waals surface area contributed by atoms with E-state index in [0.29, 0.717) is 5.69 Å². The van der Waals surface area contributed by atoms with Crippen molar-refractivity contribution >= 4 is 38.7 Å². The minimum atomic E-state index is -0.384. The fraction of sp³-hybridized carbons (Fsp3) is 0.222. The summed E-state index contributed by atoms with van der Waals surface area (Å²) in [5.74, 6) is -0.701. The number of amides is 2. The average molecular weight is 404 g/mol. The highest BCUT2D eigenvalue weighted by atomic mass is 79.9. The Bertz CT molecular complexity index is 972. The Hall–Kier alpha value is -2.54. The normalized spacial score (nSPS) is 10.9. The van der Waals surface area contributed by atoms with Gasteiger partial charge in [-0.2, -0.15) is 0 Å². The van der Waals surface area contributed by atoms with Crippen LogP contribution in [0.15, 0.2) is 39.5 Å². The Morgan fingerprint density at radius 3 is 2.68 bits per heavy atom. The number of nitrogens with zero attached hydrogens (tertiary/aromatic N) is 1. The van der Waals surface area contributed by atoms with Crippen LogP contribution in [0.5, 0.6) is 0 Å². The first-order valence-corrected chi connectivity index (χ1v) is 8.53. The second-order valence-electron chi connectivity index (χ2n) is 5.98. The summed E-state index contributed by atoms with van der Waals surface area (Å²) >= 11 is 3.31. The molecule has 130 valence electrons. The number of furan rings is 1. The van der Waals surface area contributed by atoms with Gasteiger partial charge in [-0.05, 0) is 47.0 Å². The molecule has 0 bridgehead atoms. The van der Waals surface area contributed by atoms with E-state index in [2.05, 4.69) is 26.8 Å². The summed E-state index contributed by atoms with van der Waals surface area (Å²) in [6, 6.07) is 5.63. The maximum absolute atomic E-state index is 12.1. The maximum atomic E-state index is 12.1. The van der Waals surface area contributed by atoms with E-state index in [1.165, 1.54) is 0 Å². The minimum absolute atomic E-state index is 0.118. The molecule has 7 heteroatoms. The van der Waals surface area contributed by atoms with Crippen LogP contribution >= 0.6 is 15.9 Å². The highest BCUT2D eigenvalue weighted by Gasteiger charge is 2.15. The number of halogens is 1. The van der Waals surface area contributed by atoms with Gasteiger partial charge in [-0.25, -0.2) is 0 Å². The quantitative estimate of drug-likeness (QED) is 0.659. The molecule has 1 aromatic carbocycles. The van der Waals surface area contributed by atoms with E-state index in [1.54, 1.807) is 30.1 Å². The van der Waals surface area contributed by atoms with E-state index in [4.69, 9.17) is 4.42 Å². The molecule has 2 amide bonds. The number of hydrazine groups is 1. The van der Waals surface area contributed by atoms with Crippen LogP contribution in [0, 0.1) is 13.8 Å². The molecule has 3 rings (SSSR count). The highest BCUT2D eigenvalue weighted by molar-refractivity contribution is 9.10. The molecule has 2 heterocycles. The van der Waals surface area contributed by atoms with E-state index in [9.17, 15) is 9.59 Å². The van der Waals surface area contributed by atoms with Gasteiger partial charge in [0.1, 0.15) is 11.3 Å². The number of carbonyl (C=O) groups excluding carboxylic acids is 2. The molecule has 0 radical (unpaired) electrons. The second kappa shape index (κ2) is 6.76. The zero-order valence-electron chi connectivity index (χ0n) is 14.1. The first kappa shape index (κ1) is 17.3. The van der Waals surface area contributed by atoms with Crippen LogP contribution in [0.3, 0.4) is 0 Å². The van der Waals surface area contributed by atoms with Crippen molar-refractivity contribution in [2.45, 2.75) is 20.3 Å². The van der Waals surface area contributed by atoms with Crippen LogP contribution in [-0.4, -0.2) is 16.4 Å². The minimum Gasteiger partial charge on any atom is -0.464 e. The molecule has 0 saturated heterocycles. The fourth-order valence-electron chi connectivity index (χ4n) is 2.68. The number of hydrogen-bond donors (Lipinski definition) is 2. The topological polar surface area (TPSA) is 76.3 Å². The van der Waals surface area contributed by atoms with Crippen molar-refractivity contribution in [2.24, 2.45) is 7.05 Å². The summed E-state index contributed by atoms with van der Waals surface area (Å²) in [4.78, 5) is 24.2. The number of hydrogen-bond acceptors (Lipinski definition) is 3. The van der Waals surface area contributed by atoms with Crippen molar-refractivity contribution in [1.82, 2.24) is 15.4 Å². The van der Waals surface area contributed by atoms with Crippen molar-refractivity contribution in [1.29, 1.82) is 0 Å². The van der Waals surface area contributed by atoms with Crippen LogP contribution < -0.4 is 10.9 Å². The molecule has 0 aliphatic heterocycles. The number of aromatic nitrogens is 1. The molecule has 0 atom stereocenters. The Morgan fingerprint density at radius 1 is 1.24 bits per heavy atom. The molecule has 0 aliphatic rings. The standard InChI is InChI=1S/C18H18BrN3O3/c1-10-4-5-14-12(9-25-17(14)11(10)2)6-16(23)20-21-18(24)15-7-13(19)8-22(15)3/h4-5,7-9H,6H2,1-3H3,(H,20,23)(H,21,24). The summed E-state index contributed by atoms with van der Waals surface area (Å²) in [7, 11) is 1.75. The number of carbonyl (C=O) groups is 2. The third-order valence-corrected chi connectivity index (χ3v) is 4.65. The van der Waals surface area contributed by atoms with E-state index in [-0.39, 0.29) is 18.2 Å². The van der Waals surface area contributed by atoms with Crippen LogP contribution in [0.4, 0.5) is 0 Å². The van der Waals surface area contributed by atoms with Gasteiger partial charge in [0.05, 0.1) is 12.7 Å². The van der Waals surface area contributed by atoms with E-state index >= 15 is 0 Å². The van der Waals surface area contributed by atoms with Crippen molar-refractivity contribution in [3.8, 4) is 0 Å². The molecule has 0 saturated carbocycles. The Kier molecular flexibility index (Phi) is 4.67. The lowest BCUT2D eigenvalue weighted by Crippen LogP contribution is -2.42. The summed E-state index contributed by atoms with van der Waals surface area (Å²) in [5.41, 5.74) is 9.07. The van der Waals surface area contributed by atoms with Gasteiger partial charge >= 0.3 is 0 Å². The summed E-state index contributed by atoms with van der Waals surface area (Å²) < 4.78 is 8.06. The smallest absolute Gasteiger partial charge is 0.286 e. The molecule has 2 N–H and O–H groups in total. The molecular formula is C18H18BrN3O3. The monoisotopic (exact) mass is 403 g/mol. The Labute approximate surface area is 153 Å². The van der Waals surface area contributed by atoms with Crippen LogP contribution in [0.1, 0.15) is 27.2 Å². The van der Waals surface area contributed by atoms with Gasteiger partial charge in [0.25, 0.3) is 5.91 Å². The molecule has 0 spiro atoms. The first-order valence-electron chi connectivity index (χ1n) is 7.74. The van der Waals surface area contributed by atoms with Crippen molar-refractivity contribution in [2.75, 3.05) is 0 Å². The molecule has 25 heavy (non-hydrogen) atoms. The predicted molar refractivity (Wildman–Crippen MR) is 98.1 cm³/mol. The first-order chi connectivity index (χ1) is 11.9. The third-order valence-electron chi connectivity index (χ3n) is 4.21. The van der Waals surface area contributed by atoms with Gasteiger partial charge in [-0.1, -0.05) is 12.1 Å². The predicted octanol–water partition coefficient (Wildman–Crippen LogP) is 3.15. The van der Waals surface area contributed by atoms with Crippen molar-refractivity contribution < 1.29 is 14.0 Å². The zero-order chi connectivity index (χ0) is 18.1. The number of aryl methyl sites for hydroxylation is 3. The van der Waals surface area contributed by atoms with Crippen molar-refractivity contribution in [3.63, 3.8) is 0 Å². The summed E-state index contributed by atoms with van der Waals surface area (Å²) in [6.07, 6.45) is 3.47. The molecule has 2 aromatic heterocycles. The van der Waals surface area contributed by atoms with Crippen LogP contribution in [0.2, 0.25) is 0 Å². The van der Waals surface area contributed by atoms with E-state index in [1.807, 2.05) is 26.0 Å². The molecule has 0 unspecified atom stereocenters. The van der Waals surface area contributed by atoms with E-state index < -0.39 is 0 Å². The molecular weight excluding hydrogens is 386 g/mol. The van der Waals surface area contributed by atoms with Gasteiger partial charge in [-0.15, -0.1) is 0 Å². The van der Waals surface area contributed by atoms with Gasteiger partial charge in [0.15, 0.2) is 0 Å². The Balaban J connectivity index is 1.66. The lowest BCUT2D eigenvalue weighted by molar-refractivity contribution is -0.121. The van der Waals surface area contributed by atoms with Crippen LogP contribution in [-0.2, 0) is 18.3 Å². The summed E-state index contributed by atoms with van der Waals surface area (Å²) in [6.45, 7) is 4.00. The van der Waals surface area contributed by atoms with Gasteiger partial charge in [0.2, 0.25) is 5.91 Å². The largest absolute Gasteiger partial charge is 0.464 e. The third kappa shape index (κ3) is 3.46. The Morgan fingerprint density at radius 2 is 2.00 bits per heavy atom. The fourth-order valence-corrected chi connectivity index (χ4v) is 3.21.